The molecule has 7 heteroatoms. The van der Waals surface area contributed by atoms with Crippen LogP contribution in [0, 0.1) is 0 Å². The van der Waals surface area contributed by atoms with E-state index in [0.717, 1.165) is 35.4 Å². The van der Waals surface area contributed by atoms with Crippen molar-refractivity contribution in [1.82, 2.24) is 14.9 Å². The molecule has 1 fully saturated rings. The van der Waals surface area contributed by atoms with Crippen LogP contribution in [-0.2, 0) is 6.54 Å². The van der Waals surface area contributed by atoms with Gasteiger partial charge in [0.25, 0.3) is 0 Å². The number of anilines is 1. The van der Waals surface area contributed by atoms with Gasteiger partial charge in [-0.2, -0.15) is 0 Å². The minimum absolute atomic E-state index is 0.198. The number of nitrogens with zero attached hydrogens (tertiary/aromatic N) is 3. The third kappa shape index (κ3) is 2.42. The highest BCUT2D eigenvalue weighted by molar-refractivity contribution is 7.16. The van der Waals surface area contributed by atoms with Gasteiger partial charge in [0.05, 0.1) is 18.5 Å². The average molecular weight is 279 g/mol. The molecule has 6 nitrogen and oxygen atoms in total. The van der Waals surface area contributed by atoms with Crippen molar-refractivity contribution in [2.45, 2.75) is 25.4 Å². The largest absolute Gasteiger partial charge is 0.395 e. The second-order valence-corrected chi connectivity index (χ2v) is 5.62. The Morgan fingerprint density at radius 3 is 3.21 bits per heavy atom. The first-order valence-corrected chi connectivity index (χ1v) is 7.25. The summed E-state index contributed by atoms with van der Waals surface area (Å²) in [5.74, 6) is 6.94. The Balaban J connectivity index is 1.88. The molecule has 3 heterocycles. The molecule has 1 unspecified atom stereocenters. The van der Waals surface area contributed by atoms with E-state index in [2.05, 4.69) is 20.3 Å². The maximum absolute atomic E-state index is 9.34. The number of thiophene rings is 1. The summed E-state index contributed by atoms with van der Waals surface area (Å²) in [5.41, 5.74) is 2.63. The maximum atomic E-state index is 9.34. The van der Waals surface area contributed by atoms with E-state index in [0.29, 0.717) is 12.4 Å². The topological polar surface area (TPSA) is 87.3 Å². The van der Waals surface area contributed by atoms with E-state index in [4.69, 9.17) is 5.84 Å². The molecule has 3 rings (SSSR count). The van der Waals surface area contributed by atoms with Gasteiger partial charge in [0.1, 0.15) is 10.7 Å². The monoisotopic (exact) mass is 279 g/mol. The van der Waals surface area contributed by atoms with Crippen molar-refractivity contribution >= 4 is 27.4 Å². The third-order valence-electron chi connectivity index (χ3n) is 3.56. The summed E-state index contributed by atoms with van der Waals surface area (Å²) in [7, 11) is 0. The first kappa shape index (κ1) is 12.7. The molecule has 1 aliphatic rings. The summed E-state index contributed by atoms with van der Waals surface area (Å²) in [6.45, 7) is 1.85. The van der Waals surface area contributed by atoms with Crippen molar-refractivity contribution in [2.75, 3.05) is 18.6 Å². The fourth-order valence-corrected chi connectivity index (χ4v) is 3.35. The van der Waals surface area contributed by atoms with Crippen LogP contribution in [0.4, 0.5) is 5.82 Å². The Kier molecular flexibility index (Phi) is 3.61. The van der Waals surface area contributed by atoms with Crippen molar-refractivity contribution in [3.63, 3.8) is 0 Å². The Bertz CT molecular complexity index is 572. The van der Waals surface area contributed by atoms with Crippen LogP contribution in [0.5, 0.6) is 0 Å². The quantitative estimate of drug-likeness (QED) is 0.570. The van der Waals surface area contributed by atoms with E-state index in [1.807, 2.05) is 11.4 Å². The lowest BCUT2D eigenvalue weighted by molar-refractivity contribution is 0.151. The van der Waals surface area contributed by atoms with Crippen LogP contribution in [0.1, 0.15) is 18.7 Å². The molecule has 1 aliphatic heterocycles. The number of hydrogen-bond donors (Lipinski definition) is 3. The summed E-state index contributed by atoms with van der Waals surface area (Å²) in [4.78, 5) is 12.2. The average Bonchev–Trinajstić information content (AvgIpc) is 3.06. The van der Waals surface area contributed by atoms with E-state index in [-0.39, 0.29) is 12.6 Å². The van der Waals surface area contributed by atoms with Gasteiger partial charge in [-0.1, -0.05) is 0 Å². The van der Waals surface area contributed by atoms with Gasteiger partial charge < -0.3 is 10.5 Å². The summed E-state index contributed by atoms with van der Waals surface area (Å²) < 4.78 is 0. The number of hydrogen-bond acceptors (Lipinski definition) is 7. The Morgan fingerprint density at radius 1 is 1.53 bits per heavy atom. The number of aromatic nitrogens is 2. The van der Waals surface area contributed by atoms with Gasteiger partial charge in [0.2, 0.25) is 0 Å². The Morgan fingerprint density at radius 2 is 2.42 bits per heavy atom. The van der Waals surface area contributed by atoms with Crippen LogP contribution in [0.25, 0.3) is 10.2 Å². The molecule has 102 valence electrons. The van der Waals surface area contributed by atoms with E-state index >= 15 is 0 Å². The molecule has 0 aromatic carbocycles. The van der Waals surface area contributed by atoms with Gasteiger partial charge in [-0.3, -0.25) is 4.90 Å². The number of rotatable bonds is 4. The number of aliphatic hydroxyl groups is 1. The van der Waals surface area contributed by atoms with Crippen molar-refractivity contribution in [3.8, 4) is 0 Å². The number of nitrogens with two attached hydrogens (primary N) is 1. The van der Waals surface area contributed by atoms with Crippen molar-refractivity contribution in [3.05, 3.63) is 17.3 Å². The van der Waals surface area contributed by atoms with Crippen molar-refractivity contribution in [1.29, 1.82) is 0 Å². The van der Waals surface area contributed by atoms with E-state index in [1.54, 1.807) is 11.3 Å². The molecule has 4 N–H and O–H groups in total. The predicted octanol–water partition coefficient (Wildman–Crippen LogP) is 0.934. The SMILES string of the molecule is NNc1nc(CN2CCCC2CO)nc2sccc12. The molecule has 0 spiro atoms. The third-order valence-corrected chi connectivity index (χ3v) is 4.37. The molecular formula is C12H17N5OS. The van der Waals surface area contributed by atoms with Crippen LogP contribution in [0.2, 0.25) is 0 Å². The molecule has 19 heavy (non-hydrogen) atoms. The van der Waals surface area contributed by atoms with Crippen molar-refractivity contribution < 1.29 is 5.11 Å². The first-order valence-electron chi connectivity index (χ1n) is 6.37. The lowest BCUT2D eigenvalue weighted by Gasteiger charge is -2.21. The molecule has 0 saturated carbocycles. The first-order chi connectivity index (χ1) is 9.31. The molecule has 1 atom stereocenters. The van der Waals surface area contributed by atoms with Crippen LogP contribution < -0.4 is 11.3 Å². The molecule has 0 aliphatic carbocycles. The fraction of sp³-hybridized carbons (Fsp3) is 0.500. The second kappa shape index (κ2) is 5.38. The molecule has 2 aromatic heterocycles. The molecular weight excluding hydrogens is 262 g/mol. The summed E-state index contributed by atoms with van der Waals surface area (Å²) in [6, 6.07) is 2.20. The van der Waals surface area contributed by atoms with Gasteiger partial charge in [0.15, 0.2) is 5.82 Å². The zero-order valence-corrected chi connectivity index (χ0v) is 11.4. The van der Waals surface area contributed by atoms with Crippen molar-refractivity contribution in [2.24, 2.45) is 5.84 Å². The number of nitrogen functional groups attached to an aromatic ring is 1. The molecule has 1 saturated heterocycles. The van der Waals surface area contributed by atoms with E-state index in [9.17, 15) is 5.11 Å². The number of fused-ring (bicyclic) bond motifs is 1. The highest BCUT2D eigenvalue weighted by Crippen LogP contribution is 2.26. The van der Waals surface area contributed by atoms with Gasteiger partial charge >= 0.3 is 0 Å². The van der Waals surface area contributed by atoms with E-state index in [1.165, 1.54) is 0 Å². The van der Waals surface area contributed by atoms with Gasteiger partial charge in [-0.05, 0) is 30.8 Å². The fourth-order valence-electron chi connectivity index (χ4n) is 2.57. The smallest absolute Gasteiger partial charge is 0.152 e. The van der Waals surface area contributed by atoms with Gasteiger partial charge in [-0.25, -0.2) is 15.8 Å². The predicted molar refractivity (Wildman–Crippen MR) is 75.7 cm³/mol. The summed E-state index contributed by atoms with van der Waals surface area (Å²) in [6.07, 6.45) is 2.16. The lowest BCUT2D eigenvalue weighted by atomic mass is 10.2. The number of aliphatic hydroxyl groups excluding tert-OH is 1. The minimum Gasteiger partial charge on any atom is -0.395 e. The number of hydrazine groups is 1. The Labute approximate surface area is 115 Å². The Hall–Kier alpha value is -1.28. The van der Waals surface area contributed by atoms with Crippen LogP contribution >= 0.6 is 11.3 Å². The molecule has 0 amide bonds. The second-order valence-electron chi connectivity index (χ2n) is 4.72. The summed E-state index contributed by atoms with van der Waals surface area (Å²) >= 11 is 1.58. The molecule has 2 aromatic rings. The zero-order valence-electron chi connectivity index (χ0n) is 10.5. The maximum Gasteiger partial charge on any atom is 0.152 e. The van der Waals surface area contributed by atoms with E-state index < -0.39 is 0 Å². The standard InChI is InChI=1S/C12H17N5OS/c13-16-11-9-3-5-19-12(9)15-10(14-11)6-17-4-1-2-8(17)7-18/h3,5,8,18H,1-2,4,6-7,13H2,(H,14,15,16). The highest BCUT2D eigenvalue weighted by Gasteiger charge is 2.24. The molecule has 0 radical (unpaired) electrons. The van der Waals surface area contributed by atoms with Crippen LogP contribution in [-0.4, -0.2) is 39.2 Å². The lowest BCUT2D eigenvalue weighted by Crippen LogP contribution is -2.32. The van der Waals surface area contributed by atoms with Crippen LogP contribution in [0.15, 0.2) is 11.4 Å². The highest BCUT2D eigenvalue weighted by atomic mass is 32.1. The number of nitrogens with one attached hydrogen (secondary N) is 1. The summed E-state index contributed by atoms with van der Waals surface area (Å²) in [5, 5.41) is 12.3. The minimum atomic E-state index is 0.198. The van der Waals surface area contributed by atoms with Gasteiger partial charge in [-0.15, -0.1) is 11.3 Å². The zero-order chi connectivity index (χ0) is 13.2. The normalized spacial score (nSPS) is 20.2. The van der Waals surface area contributed by atoms with Gasteiger partial charge in [0, 0.05) is 6.04 Å². The van der Waals surface area contributed by atoms with Crippen LogP contribution in [0.3, 0.4) is 0 Å². The number of likely N-dealkylation sites (tertiary alicyclic amines) is 1. The molecule has 0 bridgehead atoms.